The monoisotopic (exact) mass is 336 g/mol. The lowest BCUT2D eigenvalue weighted by atomic mass is 10.1. The first kappa shape index (κ1) is 14.9. The highest BCUT2D eigenvalue weighted by molar-refractivity contribution is 7.99. The Bertz CT molecular complexity index is 976. The number of hydrogen-bond acceptors (Lipinski definition) is 5. The van der Waals surface area contributed by atoms with Gasteiger partial charge in [-0.15, -0.1) is 5.10 Å². The highest BCUT2D eigenvalue weighted by atomic mass is 32.2. The summed E-state index contributed by atoms with van der Waals surface area (Å²) < 4.78 is 1.87. The lowest BCUT2D eigenvalue weighted by Crippen LogP contribution is -2.01. The van der Waals surface area contributed by atoms with E-state index in [2.05, 4.69) is 46.4 Å². The number of benzene rings is 1. The molecule has 0 aliphatic rings. The molecule has 6 nitrogen and oxygen atoms in total. The van der Waals surface area contributed by atoms with Crippen LogP contribution in [0.5, 0.6) is 0 Å². The Kier molecular flexibility index (Phi) is 3.78. The molecular formula is C17H16N6S. The smallest absolute Gasteiger partial charge is 0.184 e. The van der Waals surface area contributed by atoms with E-state index in [1.54, 1.807) is 11.8 Å². The first-order chi connectivity index (χ1) is 11.7. The molecule has 1 atom stereocenters. The highest BCUT2D eigenvalue weighted by Gasteiger charge is 2.22. The summed E-state index contributed by atoms with van der Waals surface area (Å²) in [7, 11) is 0. The number of rotatable bonds is 4. The van der Waals surface area contributed by atoms with Crippen molar-refractivity contribution in [3.63, 3.8) is 0 Å². The minimum absolute atomic E-state index is 0.0582. The molecule has 0 radical (unpaired) electrons. The van der Waals surface area contributed by atoms with Crippen LogP contribution in [0.2, 0.25) is 0 Å². The average Bonchev–Trinajstić information content (AvgIpc) is 3.22. The molecule has 0 aliphatic heterocycles. The molecule has 0 spiro atoms. The number of H-pyrrole nitrogens is 1. The largest absolute Gasteiger partial charge is 0.254 e. The van der Waals surface area contributed by atoms with Gasteiger partial charge < -0.3 is 0 Å². The molecule has 3 heterocycles. The molecule has 0 saturated carbocycles. The normalized spacial score (nSPS) is 12.6. The topological polar surface area (TPSA) is 71.8 Å². The summed E-state index contributed by atoms with van der Waals surface area (Å²) in [5, 5.41) is 12.3. The van der Waals surface area contributed by atoms with Crippen molar-refractivity contribution < 1.29 is 0 Å². The highest BCUT2D eigenvalue weighted by Crippen LogP contribution is 2.37. The number of aryl methyl sites for hydroxylation is 2. The third kappa shape index (κ3) is 2.78. The van der Waals surface area contributed by atoms with Crippen LogP contribution in [0.4, 0.5) is 0 Å². The van der Waals surface area contributed by atoms with Crippen molar-refractivity contribution in [2.24, 2.45) is 0 Å². The Morgan fingerprint density at radius 2 is 2.00 bits per heavy atom. The summed E-state index contributed by atoms with van der Waals surface area (Å²) in [4.78, 5) is 8.96. The number of aromatic amines is 1. The van der Waals surface area contributed by atoms with Crippen LogP contribution in [0.15, 0.2) is 53.9 Å². The van der Waals surface area contributed by atoms with Gasteiger partial charge in [-0.2, -0.15) is 5.10 Å². The van der Waals surface area contributed by atoms with Crippen LogP contribution >= 0.6 is 11.8 Å². The number of pyridine rings is 1. The van der Waals surface area contributed by atoms with Gasteiger partial charge in [0.2, 0.25) is 0 Å². The van der Waals surface area contributed by atoms with Gasteiger partial charge in [0.05, 0.1) is 5.25 Å². The van der Waals surface area contributed by atoms with E-state index in [9.17, 15) is 0 Å². The third-order valence-electron chi connectivity index (χ3n) is 3.77. The van der Waals surface area contributed by atoms with E-state index in [4.69, 9.17) is 10.1 Å². The molecule has 1 N–H and O–H groups in total. The zero-order valence-electron chi connectivity index (χ0n) is 13.3. The molecule has 7 heteroatoms. The van der Waals surface area contributed by atoms with Crippen molar-refractivity contribution in [1.82, 2.24) is 29.8 Å². The predicted molar refractivity (Wildman–Crippen MR) is 93.0 cm³/mol. The summed E-state index contributed by atoms with van der Waals surface area (Å²) in [6.45, 7) is 4.11. The maximum atomic E-state index is 4.73. The number of nitrogens with one attached hydrogen (secondary N) is 1. The Morgan fingerprint density at radius 1 is 1.12 bits per heavy atom. The van der Waals surface area contributed by atoms with E-state index in [1.165, 1.54) is 11.9 Å². The Hall–Kier alpha value is -2.67. The zero-order valence-corrected chi connectivity index (χ0v) is 14.2. The fourth-order valence-electron chi connectivity index (χ4n) is 2.63. The number of hydrogen-bond donors (Lipinski definition) is 1. The minimum atomic E-state index is -0.0582. The lowest BCUT2D eigenvalue weighted by molar-refractivity contribution is 0.860. The SMILES string of the molecule is Cc1cccc(C(Sc2ncn[nH]2)c2nc3cccc(C)n3n2)c1. The standard InChI is InChI=1S/C17H16N6S/c1-11-5-3-7-13(9-11)15(24-17-18-10-19-21-17)16-20-14-8-4-6-12(2)23(14)22-16/h3-10,15H,1-2H3,(H,18,19,21). The van der Waals surface area contributed by atoms with Gasteiger partial charge in [0.25, 0.3) is 0 Å². The first-order valence-corrected chi connectivity index (χ1v) is 8.49. The van der Waals surface area contributed by atoms with E-state index >= 15 is 0 Å². The molecule has 0 bridgehead atoms. The van der Waals surface area contributed by atoms with Crippen molar-refractivity contribution in [3.8, 4) is 0 Å². The van der Waals surface area contributed by atoms with Crippen LogP contribution in [0.3, 0.4) is 0 Å². The van der Waals surface area contributed by atoms with Crippen LogP contribution in [0, 0.1) is 13.8 Å². The van der Waals surface area contributed by atoms with Gasteiger partial charge in [0.15, 0.2) is 16.6 Å². The van der Waals surface area contributed by atoms with Gasteiger partial charge in [0, 0.05) is 5.69 Å². The molecule has 0 amide bonds. The summed E-state index contributed by atoms with van der Waals surface area (Å²) in [5.41, 5.74) is 4.25. The number of thioether (sulfide) groups is 1. The number of aromatic nitrogens is 6. The average molecular weight is 336 g/mol. The Balaban J connectivity index is 1.82. The van der Waals surface area contributed by atoms with E-state index < -0.39 is 0 Å². The van der Waals surface area contributed by atoms with Gasteiger partial charge in [-0.3, -0.25) is 5.10 Å². The number of fused-ring (bicyclic) bond motifs is 1. The molecule has 4 rings (SSSR count). The molecule has 0 saturated heterocycles. The second kappa shape index (κ2) is 6.09. The maximum absolute atomic E-state index is 4.73. The zero-order chi connectivity index (χ0) is 16.5. The number of nitrogens with zero attached hydrogens (tertiary/aromatic N) is 5. The second-order valence-electron chi connectivity index (χ2n) is 5.61. The van der Waals surface area contributed by atoms with Crippen molar-refractivity contribution in [2.75, 3.05) is 0 Å². The molecule has 120 valence electrons. The molecule has 0 aliphatic carbocycles. The van der Waals surface area contributed by atoms with Gasteiger partial charge in [-0.1, -0.05) is 47.7 Å². The van der Waals surface area contributed by atoms with Crippen LogP contribution in [0.1, 0.15) is 27.9 Å². The molecule has 24 heavy (non-hydrogen) atoms. The minimum Gasteiger partial charge on any atom is -0.254 e. The van der Waals surface area contributed by atoms with Gasteiger partial charge in [0.1, 0.15) is 6.33 Å². The van der Waals surface area contributed by atoms with E-state index in [0.717, 1.165) is 27.9 Å². The van der Waals surface area contributed by atoms with Crippen LogP contribution in [-0.4, -0.2) is 29.8 Å². The predicted octanol–water partition coefficient (Wildman–Crippen LogP) is 3.35. The van der Waals surface area contributed by atoms with Gasteiger partial charge in [-0.25, -0.2) is 14.5 Å². The van der Waals surface area contributed by atoms with Gasteiger partial charge >= 0.3 is 0 Å². The first-order valence-electron chi connectivity index (χ1n) is 7.61. The summed E-state index contributed by atoms with van der Waals surface area (Å²) in [6.07, 6.45) is 1.51. The van der Waals surface area contributed by atoms with Crippen LogP contribution < -0.4 is 0 Å². The van der Waals surface area contributed by atoms with Crippen LogP contribution in [-0.2, 0) is 0 Å². The molecule has 4 aromatic rings. The summed E-state index contributed by atoms with van der Waals surface area (Å²) >= 11 is 1.56. The van der Waals surface area contributed by atoms with Crippen LogP contribution in [0.25, 0.3) is 5.65 Å². The fraction of sp³-hybridized carbons (Fsp3) is 0.176. The maximum Gasteiger partial charge on any atom is 0.184 e. The van der Waals surface area contributed by atoms with E-state index in [0.29, 0.717) is 0 Å². The lowest BCUT2D eigenvalue weighted by Gasteiger charge is -2.12. The molecular weight excluding hydrogens is 320 g/mol. The molecule has 1 aromatic carbocycles. The van der Waals surface area contributed by atoms with E-state index in [-0.39, 0.29) is 5.25 Å². The summed E-state index contributed by atoms with van der Waals surface area (Å²) in [5.74, 6) is 0.760. The third-order valence-corrected chi connectivity index (χ3v) is 4.91. The quantitative estimate of drug-likeness (QED) is 0.579. The van der Waals surface area contributed by atoms with Gasteiger partial charge in [-0.05, 0) is 31.5 Å². The molecule has 3 aromatic heterocycles. The van der Waals surface area contributed by atoms with Crippen molar-refractivity contribution in [1.29, 1.82) is 0 Å². The summed E-state index contributed by atoms with van der Waals surface area (Å²) in [6, 6.07) is 14.4. The second-order valence-corrected chi connectivity index (χ2v) is 6.70. The Labute approximate surface area is 143 Å². The van der Waals surface area contributed by atoms with Crippen molar-refractivity contribution in [3.05, 3.63) is 71.4 Å². The molecule has 0 fully saturated rings. The molecule has 1 unspecified atom stereocenters. The van der Waals surface area contributed by atoms with Crippen molar-refractivity contribution >= 4 is 17.4 Å². The van der Waals surface area contributed by atoms with Crippen molar-refractivity contribution in [2.45, 2.75) is 24.3 Å². The Morgan fingerprint density at radius 3 is 2.75 bits per heavy atom. The fourth-order valence-corrected chi connectivity index (χ4v) is 3.55. The van der Waals surface area contributed by atoms with E-state index in [1.807, 2.05) is 29.6 Å².